The lowest BCUT2D eigenvalue weighted by atomic mass is 9.86. The Balaban J connectivity index is 2.31. The normalized spacial score (nSPS) is 13.0. The first-order valence-corrected chi connectivity index (χ1v) is 8.36. The van der Waals surface area contributed by atoms with Gasteiger partial charge in [0, 0.05) is 6.21 Å². The van der Waals surface area contributed by atoms with Gasteiger partial charge < -0.3 is 9.94 Å². The molecule has 0 aliphatic rings. The van der Waals surface area contributed by atoms with E-state index in [0.717, 1.165) is 16.7 Å². The fourth-order valence-electron chi connectivity index (χ4n) is 2.58. The zero-order valence-electron chi connectivity index (χ0n) is 15.2. The zero-order chi connectivity index (χ0) is 18.4. The quantitative estimate of drug-likeness (QED) is 0.612. The van der Waals surface area contributed by atoms with Crippen LogP contribution >= 0.6 is 0 Å². The first kappa shape index (κ1) is 18.7. The first-order chi connectivity index (χ1) is 11.8. The standard InChI is InChI=1S/C21H25NO3/c1-5-22-25-20(16-8-6-15(7-9-16)14-19(23)24)17-10-12-18(13-11-17)21(2,3)4/h5-13,20H,14H2,1-4H3,(H,23,24). The van der Waals surface area contributed by atoms with Crippen LogP contribution in [0.3, 0.4) is 0 Å². The van der Waals surface area contributed by atoms with Gasteiger partial charge in [-0.2, -0.15) is 0 Å². The third kappa shape index (κ3) is 5.18. The lowest BCUT2D eigenvalue weighted by Gasteiger charge is -2.21. The van der Waals surface area contributed by atoms with Gasteiger partial charge in [-0.25, -0.2) is 0 Å². The Morgan fingerprint density at radius 3 is 2.04 bits per heavy atom. The highest BCUT2D eigenvalue weighted by Gasteiger charge is 2.18. The molecule has 0 fully saturated rings. The van der Waals surface area contributed by atoms with Crippen LogP contribution in [0.2, 0.25) is 0 Å². The van der Waals surface area contributed by atoms with Crippen molar-refractivity contribution in [2.24, 2.45) is 5.16 Å². The van der Waals surface area contributed by atoms with Crippen molar-refractivity contribution in [1.29, 1.82) is 0 Å². The second-order valence-corrected chi connectivity index (χ2v) is 7.03. The summed E-state index contributed by atoms with van der Waals surface area (Å²) in [4.78, 5) is 16.5. The van der Waals surface area contributed by atoms with E-state index in [9.17, 15) is 4.79 Å². The van der Waals surface area contributed by atoms with Gasteiger partial charge in [0.15, 0.2) is 6.10 Å². The van der Waals surface area contributed by atoms with Crippen LogP contribution in [0.5, 0.6) is 0 Å². The molecule has 4 heteroatoms. The second-order valence-electron chi connectivity index (χ2n) is 7.03. The number of nitrogens with zero attached hydrogens (tertiary/aromatic N) is 1. The van der Waals surface area contributed by atoms with E-state index in [1.807, 2.05) is 24.3 Å². The van der Waals surface area contributed by atoms with Crippen molar-refractivity contribution in [3.63, 3.8) is 0 Å². The summed E-state index contributed by atoms with van der Waals surface area (Å²) in [6.45, 7) is 8.34. The van der Waals surface area contributed by atoms with E-state index in [2.05, 4.69) is 50.2 Å². The second kappa shape index (κ2) is 7.97. The van der Waals surface area contributed by atoms with Crippen molar-refractivity contribution in [1.82, 2.24) is 0 Å². The molecular weight excluding hydrogens is 314 g/mol. The molecule has 0 amide bonds. The molecule has 25 heavy (non-hydrogen) atoms. The average Bonchev–Trinajstić information content (AvgIpc) is 2.56. The summed E-state index contributed by atoms with van der Waals surface area (Å²) in [6, 6.07) is 15.8. The largest absolute Gasteiger partial charge is 0.481 e. The minimum atomic E-state index is -0.839. The monoisotopic (exact) mass is 339 g/mol. The average molecular weight is 339 g/mol. The molecule has 0 saturated carbocycles. The van der Waals surface area contributed by atoms with Crippen LogP contribution in [-0.2, 0) is 21.5 Å². The number of aliphatic carboxylic acids is 1. The molecule has 2 aromatic rings. The molecule has 0 bridgehead atoms. The highest BCUT2D eigenvalue weighted by molar-refractivity contribution is 5.70. The summed E-state index contributed by atoms with van der Waals surface area (Å²) in [5.74, 6) is -0.839. The number of carboxylic acids is 1. The molecule has 2 rings (SSSR count). The molecule has 2 aromatic carbocycles. The van der Waals surface area contributed by atoms with E-state index in [4.69, 9.17) is 9.94 Å². The zero-order valence-corrected chi connectivity index (χ0v) is 15.2. The molecule has 0 radical (unpaired) electrons. The van der Waals surface area contributed by atoms with Gasteiger partial charge in [-0.3, -0.25) is 4.79 Å². The predicted molar refractivity (Wildman–Crippen MR) is 100 cm³/mol. The van der Waals surface area contributed by atoms with Crippen LogP contribution in [0.25, 0.3) is 0 Å². The van der Waals surface area contributed by atoms with Gasteiger partial charge in [0.05, 0.1) is 6.42 Å². The van der Waals surface area contributed by atoms with Crippen LogP contribution < -0.4 is 0 Å². The van der Waals surface area contributed by atoms with Gasteiger partial charge in [-0.15, -0.1) is 0 Å². The number of benzene rings is 2. The fraction of sp³-hybridized carbons (Fsp3) is 0.333. The molecule has 0 aliphatic carbocycles. The van der Waals surface area contributed by atoms with Gasteiger partial charge >= 0.3 is 5.97 Å². The van der Waals surface area contributed by atoms with E-state index in [0.29, 0.717) is 0 Å². The van der Waals surface area contributed by atoms with Crippen molar-refractivity contribution in [3.8, 4) is 0 Å². The number of hydrogen-bond acceptors (Lipinski definition) is 3. The molecule has 0 aliphatic heterocycles. The molecule has 4 nitrogen and oxygen atoms in total. The number of oxime groups is 1. The molecule has 1 unspecified atom stereocenters. The molecular formula is C21H25NO3. The molecule has 1 atom stereocenters. The lowest BCUT2D eigenvalue weighted by molar-refractivity contribution is -0.136. The SMILES string of the molecule is CC=NOC(c1ccc(CC(=O)O)cc1)c1ccc(C(C)(C)C)cc1. The Morgan fingerprint density at radius 1 is 1.08 bits per heavy atom. The Kier molecular flexibility index (Phi) is 5.97. The Labute approximate surface area is 149 Å². The molecule has 0 spiro atoms. The molecule has 132 valence electrons. The van der Waals surface area contributed by atoms with E-state index in [-0.39, 0.29) is 17.9 Å². The van der Waals surface area contributed by atoms with Crippen molar-refractivity contribution in [3.05, 3.63) is 70.8 Å². The fourth-order valence-corrected chi connectivity index (χ4v) is 2.58. The van der Waals surface area contributed by atoms with Gasteiger partial charge in [0.1, 0.15) is 0 Å². The maximum Gasteiger partial charge on any atom is 0.307 e. The highest BCUT2D eigenvalue weighted by atomic mass is 16.6. The van der Waals surface area contributed by atoms with Crippen LogP contribution in [0.1, 0.15) is 56.1 Å². The summed E-state index contributed by atoms with van der Waals surface area (Å²) in [5, 5.41) is 12.8. The van der Waals surface area contributed by atoms with Crippen molar-refractivity contribution >= 4 is 12.2 Å². The van der Waals surface area contributed by atoms with Gasteiger partial charge in [0.25, 0.3) is 0 Å². The number of carboxylic acid groups (broad SMARTS) is 1. The van der Waals surface area contributed by atoms with Crippen LogP contribution in [-0.4, -0.2) is 17.3 Å². The molecule has 1 N–H and O–H groups in total. The maximum atomic E-state index is 10.8. The third-order valence-electron chi connectivity index (χ3n) is 3.99. The van der Waals surface area contributed by atoms with Crippen LogP contribution in [0.15, 0.2) is 53.7 Å². The van der Waals surface area contributed by atoms with Gasteiger partial charge in [-0.05, 0) is 34.6 Å². The summed E-state index contributed by atoms with van der Waals surface area (Å²) in [5.41, 5.74) is 4.05. The maximum absolute atomic E-state index is 10.8. The minimum Gasteiger partial charge on any atom is -0.481 e. The smallest absolute Gasteiger partial charge is 0.307 e. The number of carbonyl (C=O) groups is 1. The van der Waals surface area contributed by atoms with Crippen molar-refractivity contribution in [2.75, 3.05) is 0 Å². The molecule has 0 aromatic heterocycles. The molecule has 0 saturated heterocycles. The summed E-state index contributed by atoms with van der Waals surface area (Å²) in [7, 11) is 0. The number of hydrogen-bond donors (Lipinski definition) is 1. The Morgan fingerprint density at radius 2 is 1.60 bits per heavy atom. The molecule has 0 heterocycles. The van der Waals surface area contributed by atoms with Crippen LogP contribution in [0.4, 0.5) is 0 Å². The topological polar surface area (TPSA) is 58.9 Å². The third-order valence-corrected chi connectivity index (χ3v) is 3.99. The lowest BCUT2D eigenvalue weighted by Crippen LogP contribution is -2.11. The summed E-state index contributed by atoms with van der Waals surface area (Å²) >= 11 is 0. The van der Waals surface area contributed by atoms with E-state index in [1.54, 1.807) is 13.1 Å². The highest BCUT2D eigenvalue weighted by Crippen LogP contribution is 2.29. The van der Waals surface area contributed by atoms with Crippen molar-refractivity contribution < 1.29 is 14.7 Å². The Bertz CT molecular complexity index is 725. The van der Waals surface area contributed by atoms with Crippen LogP contribution in [0, 0.1) is 0 Å². The summed E-state index contributed by atoms with van der Waals surface area (Å²) < 4.78 is 0. The van der Waals surface area contributed by atoms with E-state index in [1.165, 1.54) is 5.56 Å². The Hall–Kier alpha value is -2.62. The van der Waals surface area contributed by atoms with Crippen molar-refractivity contribution in [2.45, 2.75) is 45.6 Å². The first-order valence-electron chi connectivity index (χ1n) is 8.36. The van der Waals surface area contributed by atoms with E-state index < -0.39 is 5.97 Å². The predicted octanol–water partition coefficient (Wildman–Crippen LogP) is 4.72. The number of rotatable bonds is 6. The van der Waals surface area contributed by atoms with E-state index >= 15 is 0 Å². The van der Waals surface area contributed by atoms with Gasteiger partial charge in [0.2, 0.25) is 0 Å². The minimum absolute atomic E-state index is 0.0131. The van der Waals surface area contributed by atoms with Gasteiger partial charge in [-0.1, -0.05) is 74.5 Å². The summed E-state index contributed by atoms with van der Waals surface area (Å²) in [6.07, 6.45) is 1.29.